The number of benzene rings is 2. The molecule has 2 aromatic heterocycles. The molecule has 0 amide bonds. The van der Waals surface area contributed by atoms with Crippen LogP contribution < -0.4 is 11.1 Å². The van der Waals surface area contributed by atoms with Crippen molar-refractivity contribution in [2.75, 3.05) is 0 Å². The maximum atomic E-state index is 13.1. The van der Waals surface area contributed by atoms with Crippen LogP contribution in [-0.4, -0.2) is 28.3 Å². The lowest BCUT2D eigenvalue weighted by molar-refractivity contribution is -0.0795. The van der Waals surface area contributed by atoms with Gasteiger partial charge in [-0.3, -0.25) is 9.59 Å². The summed E-state index contributed by atoms with van der Waals surface area (Å²) in [7, 11) is 0. The van der Waals surface area contributed by atoms with E-state index in [2.05, 4.69) is 9.97 Å². The Morgan fingerprint density at radius 1 is 0.800 bits per heavy atom. The zero-order chi connectivity index (χ0) is 24.2. The van der Waals surface area contributed by atoms with Crippen LogP contribution in [-0.2, 0) is 27.4 Å². The fourth-order valence-electron chi connectivity index (χ4n) is 4.56. The van der Waals surface area contributed by atoms with Gasteiger partial charge in [0.15, 0.2) is 0 Å². The van der Waals surface area contributed by atoms with Crippen LogP contribution in [0.1, 0.15) is 36.1 Å². The average molecular weight is 473 g/mol. The summed E-state index contributed by atoms with van der Waals surface area (Å²) in [5.74, 6) is 0. The molecular formula is C28H28N2O5. The third kappa shape index (κ3) is 5.12. The first-order valence-corrected chi connectivity index (χ1v) is 11.8. The Morgan fingerprint density at radius 2 is 1.43 bits per heavy atom. The standard InChI is InChI=1S/C28H28N2O5/c1-2-22-25(33-16-18-9-5-3-6-10-18)26(34-17-19-11-7-4-8-12-19)24(35-22)21-15-20-13-14-23(31)29-27(20)30-28(21)32/h3-15,22,24-26H,2,16-17H2,1H3,(H2,29,30,31,32)/t22-,24+,25?,26-/m1/s1. The molecule has 3 heterocycles. The van der Waals surface area contributed by atoms with E-state index in [1.807, 2.05) is 67.6 Å². The zero-order valence-corrected chi connectivity index (χ0v) is 19.5. The molecule has 0 bridgehead atoms. The first kappa shape index (κ1) is 23.2. The molecule has 5 rings (SSSR count). The molecule has 0 radical (unpaired) electrons. The van der Waals surface area contributed by atoms with E-state index >= 15 is 0 Å². The van der Waals surface area contributed by atoms with E-state index in [4.69, 9.17) is 14.2 Å². The molecule has 7 heteroatoms. The van der Waals surface area contributed by atoms with Gasteiger partial charge in [0.1, 0.15) is 24.0 Å². The molecule has 35 heavy (non-hydrogen) atoms. The lowest BCUT2D eigenvalue weighted by atomic mass is 10.00. The molecule has 1 aliphatic heterocycles. The Morgan fingerprint density at radius 3 is 2.06 bits per heavy atom. The quantitative estimate of drug-likeness (QED) is 0.400. The number of pyridine rings is 2. The molecule has 2 N–H and O–H groups in total. The monoisotopic (exact) mass is 472 g/mol. The second kappa shape index (κ2) is 10.4. The molecular weight excluding hydrogens is 444 g/mol. The molecule has 4 aromatic rings. The highest BCUT2D eigenvalue weighted by Crippen LogP contribution is 2.38. The predicted molar refractivity (Wildman–Crippen MR) is 133 cm³/mol. The topological polar surface area (TPSA) is 93.4 Å². The maximum Gasteiger partial charge on any atom is 0.255 e. The number of fused-ring (bicyclic) bond motifs is 1. The van der Waals surface area contributed by atoms with E-state index in [0.717, 1.165) is 11.1 Å². The molecule has 1 unspecified atom stereocenters. The van der Waals surface area contributed by atoms with Crippen molar-refractivity contribution < 1.29 is 14.2 Å². The summed E-state index contributed by atoms with van der Waals surface area (Å²) in [5, 5.41) is 0.714. The zero-order valence-electron chi connectivity index (χ0n) is 19.5. The van der Waals surface area contributed by atoms with E-state index in [1.54, 1.807) is 12.1 Å². The van der Waals surface area contributed by atoms with Gasteiger partial charge in [-0.2, -0.15) is 0 Å². The van der Waals surface area contributed by atoms with E-state index < -0.39 is 12.2 Å². The summed E-state index contributed by atoms with van der Waals surface area (Å²) in [4.78, 5) is 30.2. The summed E-state index contributed by atoms with van der Waals surface area (Å²) in [5.41, 5.74) is 2.32. The average Bonchev–Trinajstić information content (AvgIpc) is 3.24. The normalized spacial score (nSPS) is 22.0. The molecule has 0 aliphatic carbocycles. The third-order valence-corrected chi connectivity index (χ3v) is 6.35. The molecule has 0 spiro atoms. The van der Waals surface area contributed by atoms with Crippen molar-refractivity contribution >= 4 is 11.0 Å². The van der Waals surface area contributed by atoms with Crippen LogP contribution in [0.5, 0.6) is 0 Å². The minimum Gasteiger partial charge on any atom is -0.368 e. The molecule has 1 fully saturated rings. The molecule has 7 nitrogen and oxygen atoms in total. The van der Waals surface area contributed by atoms with Crippen molar-refractivity contribution in [1.29, 1.82) is 0 Å². The molecule has 1 aliphatic rings. The van der Waals surface area contributed by atoms with Gasteiger partial charge in [-0.1, -0.05) is 67.6 Å². The van der Waals surface area contributed by atoms with Crippen molar-refractivity contribution in [1.82, 2.24) is 9.97 Å². The van der Waals surface area contributed by atoms with Crippen molar-refractivity contribution in [2.24, 2.45) is 0 Å². The Hall–Kier alpha value is -3.52. The van der Waals surface area contributed by atoms with Gasteiger partial charge >= 0.3 is 0 Å². The van der Waals surface area contributed by atoms with E-state index in [1.165, 1.54) is 6.07 Å². The second-order valence-electron chi connectivity index (χ2n) is 8.73. The predicted octanol–water partition coefficient (Wildman–Crippen LogP) is 4.24. The minimum atomic E-state index is -0.621. The number of H-pyrrole nitrogens is 2. The number of aromatic nitrogens is 2. The molecule has 180 valence electrons. The van der Waals surface area contributed by atoms with Gasteiger partial charge < -0.3 is 24.2 Å². The summed E-state index contributed by atoms with van der Waals surface area (Å²) in [6.45, 7) is 2.82. The summed E-state index contributed by atoms with van der Waals surface area (Å²) in [6, 6.07) is 24.7. The largest absolute Gasteiger partial charge is 0.368 e. The number of hydrogen-bond donors (Lipinski definition) is 2. The summed E-state index contributed by atoms with van der Waals surface area (Å²) >= 11 is 0. The van der Waals surface area contributed by atoms with Crippen LogP contribution in [0, 0.1) is 0 Å². The highest BCUT2D eigenvalue weighted by molar-refractivity contribution is 5.74. The van der Waals surface area contributed by atoms with Crippen molar-refractivity contribution in [3.63, 3.8) is 0 Å². The molecule has 1 saturated heterocycles. The highest BCUT2D eigenvalue weighted by atomic mass is 16.6. The van der Waals surface area contributed by atoms with Crippen LogP contribution in [0.15, 0.2) is 88.5 Å². The Balaban J connectivity index is 1.48. The Kier molecular flexibility index (Phi) is 6.90. The molecule has 2 aromatic carbocycles. The Labute approximate surface area is 202 Å². The number of aromatic amines is 2. The maximum absolute atomic E-state index is 13.1. The lowest BCUT2D eigenvalue weighted by Gasteiger charge is -2.25. The van der Waals surface area contributed by atoms with Crippen LogP contribution >= 0.6 is 0 Å². The number of nitrogens with one attached hydrogen (secondary N) is 2. The van der Waals surface area contributed by atoms with Gasteiger partial charge in [-0.15, -0.1) is 0 Å². The van der Waals surface area contributed by atoms with Crippen molar-refractivity contribution in [2.45, 2.75) is 51.0 Å². The first-order chi connectivity index (χ1) is 17.1. The van der Waals surface area contributed by atoms with Crippen LogP contribution in [0.4, 0.5) is 0 Å². The third-order valence-electron chi connectivity index (χ3n) is 6.35. The van der Waals surface area contributed by atoms with Crippen molar-refractivity contribution in [3.8, 4) is 0 Å². The van der Waals surface area contributed by atoms with Crippen LogP contribution in [0.3, 0.4) is 0 Å². The van der Waals surface area contributed by atoms with Crippen LogP contribution in [0.25, 0.3) is 11.0 Å². The van der Waals surface area contributed by atoms with Gasteiger partial charge in [0.25, 0.3) is 5.56 Å². The molecule has 0 saturated carbocycles. The number of rotatable bonds is 8. The SMILES string of the molecule is CC[C@H]1O[C@@H](c2cc3ccc(=O)[nH]c3[nH]c2=O)[C@@H](OCc2ccccc2)C1OCc1ccccc1. The summed E-state index contributed by atoms with van der Waals surface area (Å²) < 4.78 is 19.2. The van der Waals surface area contributed by atoms with E-state index in [0.29, 0.717) is 36.2 Å². The van der Waals surface area contributed by atoms with Gasteiger partial charge in [-0.05, 0) is 29.7 Å². The van der Waals surface area contributed by atoms with Crippen LogP contribution in [0.2, 0.25) is 0 Å². The smallest absolute Gasteiger partial charge is 0.255 e. The van der Waals surface area contributed by atoms with Crippen molar-refractivity contribution in [3.05, 3.63) is 116 Å². The fourth-order valence-corrected chi connectivity index (χ4v) is 4.56. The minimum absolute atomic E-state index is 0.241. The molecule has 4 atom stereocenters. The number of hydrogen-bond acceptors (Lipinski definition) is 5. The fraction of sp³-hybridized carbons (Fsp3) is 0.286. The second-order valence-corrected chi connectivity index (χ2v) is 8.73. The van der Waals surface area contributed by atoms with Gasteiger partial charge in [-0.25, -0.2) is 0 Å². The lowest BCUT2D eigenvalue weighted by Crippen LogP contribution is -2.36. The summed E-state index contributed by atoms with van der Waals surface area (Å²) in [6.07, 6.45) is -1.01. The van der Waals surface area contributed by atoms with E-state index in [-0.39, 0.29) is 23.3 Å². The number of ether oxygens (including phenoxy) is 3. The van der Waals surface area contributed by atoms with Gasteiger partial charge in [0.05, 0.1) is 19.3 Å². The highest BCUT2D eigenvalue weighted by Gasteiger charge is 2.47. The Bertz CT molecular complexity index is 1380. The van der Waals surface area contributed by atoms with E-state index in [9.17, 15) is 9.59 Å². The van der Waals surface area contributed by atoms with Gasteiger partial charge in [0, 0.05) is 17.0 Å². The first-order valence-electron chi connectivity index (χ1n) is 11.8. The van der Waals surface area contributed by atoms with Gasteiger partial charge in [0.2, 0.25) is 5.56 Å².